The molecule has 116 valence electrons. The molecule has 0 aromatic rings. The van der Waals surface area contributed by atoms with Crippen LogP contribution in [0.4, 0.5) is 0 Å². The van der Waals surface area contributed by atoms with Crippen molar-refractivity contribution in [2.24, 2.45) is 5.73 Å². The van der Waals surface area contributed by atoms with Crippen molar-refractivity contribution in [1.29, 1.82) is 0 Å². The zero-order valence-electron chi connectivity index (χ0n) is 12.6. The number of amides is 1. The summed E-state index contributed by atoms with van der Waals surface area (Å²) in [5, 5.41) is 0. The third-order valence-electron chi connectivity index (χ3n) is 4.36. The monoisotopic (exact) mass is 283 g/mol. The Morgan fingerprint density at radius 3 is 2.65 bits per heavy atom. The Bertz CT molecular complexity index is 285. The number of rotatable bonds is 7. The van der Waals surface area contributed by atoms with Crippen molar-refractivity contribution >= 4 is 5.91 Å². The molecule has 0 saturated carbocycles. The number of ether oxygens (including phenoxy) is 1. The molecular weight excluding hydrogens is 254 g/mol. The number of carbonyl (C=O) groups excluding carboxylic acids is 1. The Morgan fingerprint density at radius 1 is 1.20 bits per heavy atom. The van der Waals surface area contributed by atoms with Gasteiger partial charge in [-0.05, 0) is 45.2 Å². The van der Waals surface area contributed by atoms with Gasteiger partial charge in [-0.15, -0.1) is 0 Å². The maximum absolute atomic E-state index is 12.2. The first-order chi connectivity index (χ1) is 9.79. The minimum absolute atomic E-state index is 0.308. The van der Waals surface area contributed by atoms with E-state index in [0.29, 0.717) is 18.4 Å². The highest BCUT2D eigenvalue weighted by molar-refractivity contribution is 5.76. The summed E-state index contributed by atoms with van der Waals surface area (Å²) >= 11 is 0. The zero-order chi connectivity index (χ0) is 14.2. The third-order valence-corrected chi connectivity index (χ3v) is 4.36. The van der Waals surface area contributed by atoms with E-state index in [1.54, 1.807) is 0 Å². The Hall–Kier alpha value is -0.650. The normalized spacial score (nSPS) is 24.2. The second kappa shape index (κ2) is 8.60. The highest BCUT2D eigenvalue weighted by Crippen LogP contribution is 2.17. The molecule has 2 aliphatic rings. The Morgan fingerprint density at radius 2 is 2.00 bits per heavy atom. The molecule has 5 heteroatoms. The van der Waals surface area contributed by atoms with Gasteiger partial charge in [-0.3, -0.25) is 9.69 Å². The number of unbranched alkanes of at least 4 members (excludes halogenated alkanes) is 1. The summed E-state index contributed by atoms with van der Waals surface area (Å²) in [6.45, 7) is 6.56. The van der Waals surface area contributed by atoms with Crippen LogP contribution in [0.2, 0.25) is 0 Å². The van der Waals surface area contributed by atoms with E-state index < -0.39 is 0 Å². The largest absolute Gasteiger partial charge is 0.378 e. The van der Waals surface area contributed by atoms with Crippen molar-refractivity contribution in [3.8, 4) is 0 Å². The van der Waals surface area contributed by atoms with E-state index in [2.05, 4.69) is 4.90 Å². The van der Waals surface area contributed by atoms with Gasteiger partial charge in [0.15, 0.2) is 0 Å². The first kappa shape index (κ1) is 15.7. The summed E-state index contributed by atoms with van der Waals surface area (Å²) in [5.41, 5.74) is 5.51. The lowest BCUT2D eigenvalue weighted by atomic mass is 10.1. The molecule has 20 heavy (non-hydrogen) atoms. The van der Waals surface area contributed by atoms with Gasteiger partial charge in [-0.25, -0.2) is 0 Å². The van der Waals surface area contributed by atoms with Gasteiger partial charge in [-0.2, -0.15) is 0 Å². The van der Waals surface area contributed by atoms with Crippen LogP contribution in [0.1, 0.15) is 38.5 Å². The molecule has 2 saturated heterocycles. The molecule has 0 spiro atoms. The lowest BCUT2D eigenvalue weighted by Gasteiger charge is -2.35. The van der Waals surface area contributed by atoms with Crippen LogP contribution in [0, 0.1) is 0 Å². The predicted molar refractivity (Wildman–Crippen MR) is 79.5 cm³/mol. The molecule has 0 bridgehead atoms. The first-order valence-corrected chi connectivity index (χ1v) is 8.11. The number of nitrogens with two attached hydrogens (primary N) is 1. The fourth-order valence-electron chi connectivity index (χ4n) is 3.02. The molecule has 2 rings (SSSR count). The molecule has 2 fully saturated rings. The van der Waals surface area contributed by atoms with Gasteiger partial charge in [0.2, 0.25) is 5.91 Å². The highest BCUT2D eigenvalue weighted by atomic mass is 16.5. The van der Waals surface area contributed by atoms with Crippen molar-refractivity contribution < 1.29 is 9.53 Å². The van der Waals surface area contributed by atoms with E-state index in [-0.39, 0.29) is 0 Å². The molecule has 2 heterocycles. The van der Waals surface area contributed by atoms with Crippen LogP contribution in [0.15, 0.2) is 0 Å². The molecule has 0 aromatic carbocycles. The number of piperazine rings is 1. The molecule has 0 aromatic heterocycles. The van der Waals surface area contributed by atoms with E-state index >= 15 is 0 Å². The van der Waals surface area contributed by atoms with E-state index in [4.69, 9.17) is 10.5 Å². The van der Waals surface area contributed by atoms with Crippen LogP contribution in [-0.4, -0.2) is 67.7 Å². The van der Waals surface area contributed by atoms with Crippen molar-refractivity contribution in [1.82, 2.24) is 9.80 Å². The van der Waals surface area contributed by atoms with E-state index in [1.165, 1.54) is 6.42 Å². The van der Waals surface area contributed by atoms with Crippen LogP contribution >= 0.6 is 0 Å². The van der Waals surface area contributed by atoms with Gasteiger partial charge in [-0.1, -0.05) is 0 Å². The number of nitrogens with zero attached hydrogens (tertiary/aromatic N) is 2. The average molecular weight is 283 g/mol. The molecule has 1 atom stereocenters. The predicted octanol–water partition coefficient (Wildman–Crippen LogP) is 0.829. The standard InChI is InChI=1S/C15H29N3O2/c16-7-1-2-8-17-9-11-18(12-10-17)15(19)6-5-14-4-3-13-20-14/h14H,1-13,16H2. The zero-order valence-corrected chi connectivity index (χ0v) is 12.6. The van der Waals surface area contributed by atoms with Crippen molar-refractivity contribution in [3.05, 3.63) is 0 Å². The topological polar surface area (TPSA) is 58.8 Å². The molecule has 2 aliphatic heterocycles. The minimum atomic E-state index is 0.308. The van der Waals surface area contributed by atoms with Crippen molar-refractivity contribution in [2.45, 2.75) is 44.6 Å². The van der Waals surface area contributed by atoms with Crippen LogP contribution in [0.5, 0.6) is 0 Å². The fraction of sp³-hybridized carbons (Fsp3) is 0.933. The third kappa shape index (κ3) is 5.04. The fourth-order valence-corrected chi connectivity index (χ4v) is 3.02. The van der Waals surface area contributed by atoms with Crippen LogP contribution in [0.25, 0.3) is 0 Å². The van der Waals surface area contributed by atoms with Gasteiger partial charge in [0.05, 0.1) is 6.10 Å². The Kier molecular flexibility index (Phi) is 6.76. The SMILES string of the molecule is NCCCCN1CCN(C(=O)CCC2CCCO2)CC1. The molecule has 2 N–H and O–H groups in total. The van der Waals surface area contributed by atoms with Gasteiger partial charge < -0.3 is 15.4 Å². The van der Waals surface area contributed by atoms with Gasteiger partial charge in [0.25, 0.3) is 0 Å². The summed E-state index contributed by atoms with van der Waals surface area (Å²) in [5.74, 6) is 0.308. The summed E-state index contributed by atoms with van der Waals surface area (Å²) in [7, 11) is 0. The second-order valence-corrected chi connectivity index (χ2v) is 5.89. The summed E-state index contributed by atoms with van der Waals surface area (Å²) in [6.07, 6.45) is 6.43. The van der Waals surface area contributed by atoms with Crippen molar-refractivity contribution in [3.63, 3.8) is 0 Å². The molecule has 5 nitrogen and oxygen atoms in total. The molecule has 1 unspecified atom stereocenters. The minimum Gasteiger partial charge on any atom is -0.378 e. The maximum Gasteiger partial charge on any atom is 0.222 e. The summed E-state index contributed by atoms with van der Waals surface area (Å²) in [4.78, 5) is 16.6. The number of hydrogen-bond donors (Lipinski definition) is 1. The first-order valence-electron chi connectivity index (χ1n) is 8.11. The highest BCUT2D eigenvalue weighted by Gasteiger charge is 2.22. The summed E-state index contributed by atoms with van der Waals surface area (Å²) in [6, 6.07) is 0. The average Bonchev–Trinajstić information content (AvgIpc) is 2.99. The van der Waals surface area contributed by atoms with Gasteiger partial charge in [0.1, 0.15) is 0 Å². The van der Waals surface area contributed by atoms with E-state index in [1.807, 2.05) is 4.90 Å². The molecular formula is C15H29N3O2. The van der Waals surface area contributed by atoms with E-state index in [9.17, 15) is 4.79 Å². The molecule has 0 radical (unpaired) electrons. The Labute approximate surface area is 122 Å². The molecule has 0 aliphatic carbocycles. The van der Waals surface area contributed by atoms with Crippen molar-refractivity contribution in [2.75, 3.05) is 45.9 Å². The second-order valence-electron chi connectivity index (χ2n) is 5.89. The quantitative estimate of drug-likeness (QED) is 0.703. The van der Waals surface area contributed by atoms with Gasteiger partial charge in [0, 0.05) is 39.2 Å². The number of carbonyl (C=O) groups is 1. The van der Waals surface area contributed by atoms with E-state index in [0.717, 1.165) is 71.6 Å². The maximum atomic E-state index is 12.2. The van der Waals surface area contributed by atoms with Crippen LogP contribution in [0.3, 0.4) is 0 Å². The molecule has 1 amide bonds. The number of hydrogen-bond acceptors (Lipinski definition) is 4. The summed E-state index contributed by atoms with van der Waals surface area (Å²) < 4.78 is 5.57. The lowest BCUT2D eigenvalue weighted by Crippen LogP contribution is -2.48. The van der Waals surface area contributed by atoms with Gasteiger partial charge >= 0.3 is 0 Å². The lowest BCUT2D eigenvalue weighted by molar-refractivity contribution is -0.133. The smallest absolute Gasteiger partial charge is 0.222 e. The Balaban J connectivity index is 1.58. The van der Waals surface area contributed by atoms with Crippen LogP contribution < -0.4 is 5.73 Å². The van der Waals surface area contributed by atoms with Crippen LogP contribution in [-0.2, 0) is 9.53 Å².